The van der Waals surface area contributed by atoms with Gasteiger partial charge in [0, 0.05) is 93.9 Å². The largest absolute Gasteiger partial charge is 0.481 e. The number of hydrogen-bond donors (Lipinski definition) is 5. The number of nitrogens with zero attached hydrogens (tertiary/aromatic N) is 2. The SMILES string of the molecule is COCCCl.COCCN.COCCN1C(=O)c2ccccc2C1=O.COCCNC(=O)CCC(=O)O.COCCNC(=O)CCC(=O)ON1C(=O)CCC1=O.COCCO. The lowest BCUT2D eigenvalue weighted by molar-refractivity contribution is -0.197. The molecule has 6 N–H and O–H groups in total. The fourth-order valence-electron chi connectivity index (χ4n) is 3.91. The zero-order valence-corrected chi connectivity index (χ0v) is 36.7. The third-order valence-corrected chi connectivity index (χ3v) is 7.03. The Morgan fingerprint density at radius 1 is 0.672 bits per heavy atom. The normalized spacial score (nSPS) is 12.1. The van der Waals surface area contributed by atoms with Crippen LogP contribution in [0, 0.1) is 0 Å². The maximum Gasteiger partial charge on any atom is 0.333 e. The van der Waals surface area contributed by atoms with Crippen molar-refractivity contribution in [2.75, 3.05) is 121 Å². The number of fused-ring (bicyclic) bond motifs is 1. The Morgan fingerprint density at radius 3 is 1.44 bits per heavy atom. The molecule has 1 saturated heterocycles. The first kappa shape index (κ1) is 60.7. The summed E-state index contributed by atoms with van der Waals surface area (Å²) in [6.45, 7) is 4.79. The summed E-state index contributed by atoms with van der Waals surface area (Å²) in [5.41, 5.74) is 5.98. The van der Waals surface area contributed by atoms with Gasteiger partial charge in [0.2, 0.25) is 11.8 Å². The minimum atomic E-state index is -0.961. The number of imide groups is 2. The number of alkyl halides is 1. The van der Waals surface area contributed by atoms with E-state index >= 15 is 0 Å². The third-order valence-electron chi connectivity index (χ3n) is 6.87. The number of hydrogen-bond acceptors (Lipinski definition) is 17. The van der Waals surface area contributed by atoms with Gasteiger partial charge in [-0.1, -0.05) is 12.1 Å². The molecule has 22 nitrogen and oxygen atoms in total. The molecule has 0 spiro atoms. The van der Waals surface area contributed by atoms with Crippen LogP contribution in [0.5, 0.6) is 0 Å². The molecule has 23 heteroatoms. The van der Waals surface area contributed by atoms with Crippen molar-refractivity contribution in [1.82, 2.24) is 20.6 Å². The number of aliphatic hydroxyl groups excluding tert-OH is 1. The van der Waals surface area contributed by atoms with Crippen molar-refractivity contribution in [1.29, 1.82) is 0 Å². The van der Waals surface area contributed by atoms with E-state index in [9.17, 15) is 38.4 Å². The zero-order valence-electron chi connectivity index (χ0n) is 35.9. The van der Waals surface area contributed by atoms with Gasteiger partial charge in [0.15, 0.2) is 0 Å². The van der Waals surface area contributed by atoms with Gasteiger partial charge in [0.25, 0.3) is 23.6 Å². The molecule has 6 amide bonds. The van der Waals surface area contributed by atoms with E-state index in [4.69, 9.17) is 37.0 Å². The second-order valence-corrected chi connectivity index (χ2v) is 12.0. The number of aliphatic carboxylic acids is 1. The van der Waals surface area contributed by atoms with Gasteiger partial charge in [-0.15, -0.1) is 16.7 Å². The molecule has 1 aromatic rings. The highest BCUT2D eigenvalue weighted by Crippen LogP contribution is 2.21. The molecule has 0 atom stereocenters. The molecule has 0 aliphatic carbocycles. The summed E-state index contributed by atoms with van der Waals surface area (Å²) in [5, 5.41) is 21.7. The molecular formula is C38H64ClN5O17. The van der Waals surface area contributed by atoms with Gasteiger partial charge in [0.05, 0.1) is 76.8 Å². The van der Waals surface area contributed by atoms with Crippen molar-refractivity contribution in [2.24, 2.45) is 5.73 Å². The van der Waals surface area contributed by atoms with Gasteiger partial charge in [-0.05, 0) is 12.1 Å². The topological polar surface area (TPSA) is 298 Å². The number of rotatable bonds is 22. The summed E-state index contributed by atoms with van der Waals surface area (Å²) in [6.07, 6.45) is -0.278. The molecular weight excluding hydrogens is 834 g/mol. The Balaban J connectivity index is -0.000000719. The first-order chi connectivity index (χ1) is 29.2. The van der Waals surface area contributed by atoms with Crippen molar-refractivity contribution in [3.05, 3.63) is 35.4 Å². The summed E-state index contributed by atoms with van der Waals surface area (Å²) in [6, 6.07) is 6.85. The van der Waals surface area contributed by atoms with Crippen LogP contribution < -0.4 is 16.4 Å². The van der Waals surface area contributed by atoms with E-state index in [-0.39, 0.29) is 68.8 Å². The van der Waals surface area contributed by atoms with Gasteiger partial charge < -0.3 is 59.8 Å². The molecule has 0 radical (unpaired) electrons. The molecule has 61 heavy (non-hydrogen) atoms. The summed E-state index contributed by atoms with van der Waals surface area (Å²) in [4.78, 5) is 95.1. The molecule has 0 aromatic heterocycles. The van der Waals surface area contributed by atoms with Gasteiger partial charge >= 0.3 is 11.9 Å². The van der Waals surface area contributed by atoms with Crippen LogP contribution in [0.3, 0.4) is 0 Å². The fourth-order valence-corrected chi connectivity index (χ4v) is 4.07. The number of benzene rings is 1. The van der Waals surface area contributed by atoms with E-state index in [1.807, 2.05) is 0 Å². The van der Waals surface area contributed by atoms with E-state index in [1.54, 1.807) is 45.6 Å². The number of aliphatic hydroxyl groups is 1. The minimum absolute atomic E-state index is 0.0268. The number of carboxylic acids is 1. The summed E-state index contributed by atoms with van der Waals surface area (Å²) in [5.74, 6) is -3.27. The van der Waals surface area contributed by atoms with Crippen molar-refractivity contribution in [3.8, 4) is 0 Å². The summed E-state index contributed by atoms with van der Waals surface area (Å²) < 4.78 is 27.8. The molecule has 2 heterocycles. The van der Waals surface area contributed by atoms with Crippen LogP contribution in [-0.4, -0.2) is 189 Å². The molecule has 3 rings (SSSR count). The molecule has 1 aromatic carbocycles. The smallest absolute Gasteiger partial charge is 0.333 e. The number of nitrogens with one attached hydrogen (secondary N) is 2. The molecule has 0 bridgehead atoms. The number of carbonyl (C=O) groups is 8. The molecule has 0 unspecified atom stereocenters. The van der Waals surface area contributed by atoms with Crippen molar-refractivity contribution >= 4 is 59.0 Å². The lowest BCUT2D eigenvalue weighted by atomic mass is 10.1. The Bertz CT molecular complexity index is 1340. The molecule has 2 aliphatic rings. The highest BCUT2D eigenvalue weighted by atomic mass is 35.5. The van der Waals surface area contributed by atoms with Crippen LogP contribution in [-0.2, 0) is 62.0 Å². The summed E-state index contributed by atoms with van der Waals surface area (Å²) >= 11 is 5.18. The molecule has 0 saturated carbocycles. The maximum atomic E-state index is 11.8. The lowest BCUT2D eigenvalue weighted by Crippen LogP contribution is -2.33. The van der Waals surface area contributed by atoms with E-state index in [2.05, 4.69) is 34.4 Å². The number of ether oxygens (including phenoxy) is 6. The Labute approximate surface area is 361 Å². The van der Waals surface area contributed by atoms with Crippen LogP contribution in [0.15, 0.2) is 24.3 Å². The molecule has 2 aliphatic heterocycles. The number of nitrogens with two attached hydrogens (primary N) is 1. The van der Waals surface area contributed by atoms with Crippen molar-refractivity contribution in [3.63, 3.8) is 0 Å². The average Bonchev–Trinajstić information content (AvgIpc) is 3.69. The standard InChI is InChI=1S/C11H16N2O6.C11H11NO3.C7H13NO4.C3H7ClO.C3H9NO.C3H8O2/c1-18-7-6-12-8(14)2-5-11(17)19-13-9(15)3-4-10(13)16;1-15-7-6-12-10(13)8-4-2-3-5-9(8)11(12)14;1-12-5-4-8-6(9)2-3-7(10)11;3*1-5-3-2-4/h2-7H2,1H3,(H,12,14);2-5H,6-7H2,1H3;2-5H2,1H3,(H,8,9)(H,10,11);2-3H2,1H3;2-4H2,1H3;4H,2-3H2,1H3. The third kappa shape index (κ3) is 32.8. The lowest BCUT2D eigenvalue weighted by Gasteiger charge is -2.12. The second kappa shape index (κ2) is 42.1. The van der Waals surface area contributed by atoms with Gasteiger partial charge in [-0.25, -0.2) is 4.79 Å². The van der Waals surface area contributed by atoms with Crippen LogP contribution >= 0.6 is 11.6 Å². The Kier molecular flexibility index (Phi) is 41.8. The first-order valence-electron chi connectivity index (χ1n) is 18.8. The number of hydroxylamine groups is 2. The Morgan fingerprint density at radius 2 is 1.11 bits per heavy atom. The number of carboxylic acid groups (broad SMARTS) is 1. The van der Waals surface area contributed by atoms with Gasteiger partial charge in [0.1, 0.15) is 0 Å². The fraction of sp³-hybridized carbons (Fsp3) is 0.632. The predicted molar refractivity (Wildman–Crippen MR) is 219 cm³/mol. The van der Waals surface area contributed by atoms with Gasteiger partial charge in [-0.2, -0.15) is 0 Å². The van der Waals surface area contributed by atoms with Crippen LogP contribution in [0.2, 0.25) is 0 Å². The van der Waals surface area contributed by atoms with E-state index < -0.39 is 23.8 Å². The van der Waals surface area contributed by atoms with Crippen molar-refractivity contribution in [2.45, 2.75) is 38.5 Å². The van der Waals surface area contributed by atoms with E-state index in [0.29, 0.717) is 87.9 Å². The van der Waals surface area contributed by atoms with E-state index in [0.717, 1.165) is 0 Å². The number of methoxy groups -OCH3 is 6. The summed E-state index contributed by atoms with van der Waals surface area (Å²) in [7, 11) is 9.39. The minimum Gasteiger partial charge on any atom is -0.481 e. The predicted octanol–water partition coefficient (Wildman–Crippen LogP) is -0.233. The highest BCUT2D eigenvalue weighted by Gasteiger charge is 2.34. The Hall–Kier alpha value is -4.65. The number of halogens is 1. The highest BCUT2D eigenvalue weighted by molar-refractivity contribution is 6.21. The zero-order chi connectivity index (χ0) is 46.8. The first-order valence-corrected chi connectivity index (χ1v) is 19.3. The number of carbonyl (C=O) groups excluding carboxylic acids is 7. The average molecular weight is 898 g/mol. The van der Waals surface area contributed by atoms with E-state index in [1.165, 1.54) is 26.2 Å². The quantitative estimate of drug-likeness (QED) is 0.0570. The molecule has 350 valence electrons. The second-order valence-electron chi connectivity index (χ2n) is 11.6. The van der Waals surface area contributed by atoms with Crippen LogP contribution in [0.25, 0.3) is 0 Å². The van der Waals surface area contributed by atoms with Crippen molar-refractivity contribution < 1.29 is 81.8 Å². The van der Waals surface area contributed by atoms with Crippen LogP contribution in [0.1, 0.15) is 59.2 Å². The molecule has 1 fully saturated rings. The number of amides is 6. The van der Waals surface area contributed by atoms with Gasteiger partial charge in [-0.3, -0.25) is 38.5 Å². The van der Waals surface area contributed by atoms with Crippen LogP contribution in [0.4, 0.5) is 0 Å². The maximum absolute atomic E-state index is 11.8. The monoisotopic (exact) mass is 897 g/mol.